The lowest BCUT2D eigenvalue weighted by molar-refractivity contribution is -0.155. The van der Waals surface area contributed by atoms with Gasteiger partial charge in [-0.1, -0.05) is 18.2 Å². The van der Waals surface area contributed by atoms with Gasteiger partial charge in [-0.25, -0.2) is 13.1 Å². The highest BCUT2D eigenvalue weighted by Gasteiger charge is 2.36. The fraction of sp³-hybridized carbons (Fsp3) is 0.588. The Morgan fingerprint density at radius 1 is 1.19 bits per heavy atom. The largest absolute Gasteiger partial charge is 0.460 e. The molecule has 0 aromatic heterocycles. The van der Waals surface area contributed by atoms with E-state index in [1.54, 1.807) is 20.8 Å². The van der Waals surface area contributed by atoms with E-state index in [9.17, 15) is 26.4 Å². The molecule has 0 aliphatic carbocycles. The van der Waals surface area contributed by atoms with Crippen molar-refractivity contribution < 1.29 is 31.1 Å². The number of hydrogen-bond acceptors (Lipinski definition) is 4. The van der Waals surface area contributed by atoms with Crippen LogP contribution in [0.15, 0.2) is 24.3 Å². The topological polar surface area (TPSA) is 72.5 Å². The van der Waals surface area contributed by atoms with Crippen molar-refractivity contribution in [2.24, 2.45) is 0 Å². The number of alkyl halides is 3. The normalized spacial score (nSPS) is 14.1. The minimum absolute atomic E-state index is 0.148. The Morgan fingerprint density at radius 2 is 1.77 bits per heavy atom. The second-order valence-electron chi connectivity index (χ2n) is 6.82. The van der Waals surface area contributed by atoms with E-state index in [-0.39, 0.29) is 24.3 Å². The third-order valence-corrected chi connectivity index (χ3v) is 4.84. The van der Waals surface area contributed by atoms with Crippen LogP contribution in [0.4, 0.5) is 13.2 Å². The summed E-state index contributed by atoms with van der Waals surface area (Å²) in [4.78, 5) is 12.1. The van der Waals surface area contributed by atoms with Gasteiger partial charge in [0.2, 0.25) is 10.0 Å². The van der Waals surface area contributed by atoms with Crippen LogP contribution in [-0.2, 0) is 25.7 Å². The van der Waals surface area contributed by atoms with E-state index in [2.05, 4.69) is 4.72 Å². The molecule has 0 spiro atoms. The first-order valence-corrected chi connectivity index (χ1v) is 9.75. The first-order valence-electron chi connectivity index (χ1n) is 8.10. The monoisotopic (exact) mass is 395 g/mol. The lowest BCUT2D eigenvalue weighted by atomic mass is 9.91. The van der Waals surface area contributed by atoms with Crippen molar-refractivity contribution in [3.63, 3.8) is 0 Å². The first-order chi connectivity index (χ1) is 11.7. The number of halogens is 3. The first kappa shape index (κ1) is 22.4. The van der Waals surface area contributed by atoms with Gasteiger partial charge in [0.25, 0.3) is 0 Å². The van der Waals surface area contributed by atoms with Gasteiger partial charge in [0, 0.05) is 12.5 Å². The number of nitrogens with one attached hydrogen (secondary N) is 1. The second kappa shape index (κ2) is 8.39. The summed E-state index contributed by atoms with van der Waals surface area (Å²) in [6.07, 6.45) is -5.00. The number of carbonyl (C=O) groups excluding carboxylic acids is 1. The molecule has 0 amide bonds. The van der Waals surface area contributed by atoms with Crippen LogP contribution in [0.2, 0.25) is 0 Å². The summed E-state index contributed by atoms with van der Waals surface area (Å²) in [6.45, 7) is 6.01. The van der Waals surface area contributed by atoms with Crippen molar-refractivity contribution in [2.45, 2.75) is 51.8 Å². The average Bonchev–Trinajstić information content (AvgIpc) is 2.49. The molecule has 1 rings (SSSR count). The summed E-state index contributed by atoms with van der Waals surface area (Å²) in [7, 11) is -3.63. The van der Waals surface area contributed by atoms with Crippen LogP contribution in [-0.4, -0.2) is 32.3 Å². The molecule has 0 heterocycles. The molecule has 0 saturated heterocycles. The van der Waals surface area contributed by atoms with Crippen molar-refractivity contribution in [3.05, 3.63) is 35.4 Å². The van der Waals surface area contributed by atoms with Crippen LogP contribution in [0, 0.1) is 0 Å². The van der Waals surface area contributed by atoms with Gasteiger partial charge in [-0.05, 0) is 39.3 Å². The molecular weight excluding hydrogens is 371 g/mol. The van der Waals surface area contributed by atoms with Crippen LogP contribution in [0.5, 0.6) is 0 Å². The van der Waals surface area contributed by atoms with E-state index in [1.165, 1.54) is 25.1 Å². The van der Waals surface area contributed by atoms with Gasteiger partial charge in [-0.2, -0.15) is 13.2 Å². The predicted molar refractivity (Wildman–Crippen MR) is 92.1 cm³/mol. The molecule has 1 N–H and O–H groups in total. The van der Waals surface area contributed by atoms with Crippen molar-refractivity contribution in [2.75, 3.05) is 12.3 Å². The maximum absolute atomic E-state index is 13.3. The number of carbonyl (C=O) groups is 1. The Kier molecular flexibility index (Phi) is 7.24. The Morgan fingerprint density at radius 3 is 2.27 bits per heavy atom. The predicted octanol–water partition coefficient (Wildman–Crippen LogP) is 3.46. The highest BCUT2D eigenvalue weighted by atomic mass is 32.2. The Bertz CT molecular complexity index is 724. The highest BCUT2D eigenvalue weighted by molar-refractivity contribution is 7.89. The smallest absolute Gasteiger partial charge is 0.416 e. The van der Waals surface area contributed by atoms with Crippen molar-refractivity contribution in [3.8, 4) is 0 Å². The van der Waals surface area contributed by atoms with E-state index in [1.807, 2.05) is 0 Å². The van der Waals surface area contributed by atoms with Gasteiger partial charge in [0.15, 0.2) is 0 Å². The van der Waals surface area contributed by atoms with E-state index >= 15 is 0 Å². The van der Waals surface area contributed by atoms with Crippen LogP contribution >= 0.6 is 0 Å². The number of esters is 1. The molecule has 5 nitrogen and oxygen atoms in total. The standard InChI is InChI=1S/C17H24F3NO4S/c1-5-26(23,24)21-11-12(10-15(22)25-16(2,3)4)13-8-6-7-9-14(13)17(18,19)20/h6-9,12,21H,5,10-11H2,1-4H3. The molecule has 1 unspecified atom stereocenters. The molecule has 0 aliphatic rings. The molecule has 0 saturated carbocycles. The van der Waals surface area contributed by atoms with Crippen LogP contribution < -0.4 is 4.72 Å². The molecule has 0 aliphatic heterocycles. The zero-order chi connectivity index (χ0) is 20.2. The van der Waals surface area contributed by atoms with E-state index in [0.29, 0.717) is 0 Å². The van der Waals surface area contributed by atoms with Crippen LogP contribution in [0.25, 0.3) is 0 Å². The summed E-state index contributed by atoms with van der Waals surface area (Å²) in [5.74, 6) is -1.92. The fourth-order valence-electron chi connectivity index (χ4n) is 2.32. The van der Waals surface area contributed by atoms with Gasteiger partial charge in [0.1, 0.15) is 5.60 Å². The zero-order valence-corrected chi connectivity index (χ0v) is 16.0. The zero-order valence-electron chi connectivity index (χ0n) is 15.2. The Balaban J connectivity index is 3.18. The molecule has 0 radical (unpaired) electrons. The van der Waals surface area contributed by atoms with Gasteiger partial charge >= 0.3 is 12.1 Å². The molecule has 1 atom stereocenters. The van der Waals surface area contributed by atoms with Crippen molar-refractivity contribution in [1.82, 2.24) is 4.72 Å². The third-order valence-electron chi connectivity index (χ3n) is 3.47. The molecule has 9 heteroatoms. The summed E-state index contributed by atoms with van der Waals surface area (Å²) >= 11 is 0. The summed E-state index contributed by atoms with van der Waals surface area (Å²) in [6, 6.07) is 4.82. The molecule has 1 aromatic rings. The molecule has 0 fully saturated rings. The molecule has 148 valence electrons. The third kappa shape index (κ3) is 7.33. The number of hydrogen-bond donors (Lipinski definition) is 1. The summed E-state index contributed by atoms with van der Waals surface area (Å²) in [5.41, 5.74) is -1.84. The van der Waals surface area contributed by atoms with E-state index in [0.717, 1.165) is 6.07 Å². The number of benzene rings is 1. The lowest BCUT2D eigenvalue weighted by Crippen LogP contribution is -2.33. The second-order valence-corrected chi connectivity index (χ2v) is 8.92. The van der Waals surface area contributed by atoms with Crippen molar-refractivity contribution in [1.29, 1.82) is 0 Å². The lowest BCUT2D eigenvalue weighted by Gasteiger charge is -2.24. The fourth-order valence-corrected chi connectivity index (χ4v) is 2.98. The van der Waals surface area contributed by atoms with Crippen LogP contribution in [0.3, 0.4) is 0 Å². The summed E-state index contributed by atoms with van der Waals surface area (Å²) in [5, 5.41) is 0. The number of ether oxygens (including phenoxy) is 1. The maximum atomic E-state index is 13.3. The molecule has 0 bridgehead atoms. The quantitative estimate of drug-likeness (QED) is 0.718. The van der Waals surface area contributed by atoms with Gasteiger partial charge in [-0.3, -0.25) is 4.79 Å². The van der Waals surface area contributed by atoms with Gasteiger partial charge < -0.3 is 4.74 Å². The van der Waals surface area contributed by atoms with Gasteiger partial charge in [-0.15, -0.1) is 0 Å². The summed E-state index contributed by atoms with van der Waals surface area (Å²) < 4.78 is 70.7. The minimum Gasteiger partial charge on any atom is -0.460 e. The van der Waals surface area contributed by atoms with Crippen molar-refractivity contribution >= 4 is 16.0 Å². The Labute approximate surface area is 152 Å². The average molecular weight is 395 g/mol. The molecule has 26 heavy (non-hydrogen) atoms. The minimum atomic E-state index is -4.62. The van der Waals surface area contributed by atoms with Crippen LogP contribution in [0.1, 0.15) is 51.2 Å². The maximum Gasteiger partial charge on any atom is 0.416 e. The van der Waals surface area contributed by atoms with E-state index in [4.69, 9.17) is 4.74 Å². The molecular formula is C17H24F3NO4S. The van der Waals surface area contributed by atoms with Gasteiger partial charge in [0.05, 0.1) is 17.7 Å². The Hall–Kier alpha value is -1.61. The molecule has 1 aromatic carbocycles. The highest BCUT2D eigenvalue weighted by Crippen LogP contribution is 2.36. The SMILES string of the molecule is CCS(=O)(=O)NCC(CC(=O)OC(C)(C)C)c1ccccc1C(F)(F)F. The number of rotatable bonds is 7. The van der Waals surface area contributed by atoms with E-state index < -0.39 is 39.3 Å². The number of sulfonamides is 1.